The molecule has 38 heavy (non-hydrogen) atoms. The lowest BCUT2D eigenvalue weighted by molar-refractivity contribution is -0.0365. The number of fused-ring (bicyclic) bond motifs is 1. The average molecular weight is 545 g/mol. The molecular weight excluding hydrogens is 500 g/mol. The summed E-state index contributed by atoms with van der Waals surface area (Å²) in [7, 11) is -1.99. The van der Waals surface area contributed by atoms with Gasteiger partial charge >= 0.3 is 0 Å². The zero-order valence-corrected chi connectivity index (χ0v) is 24.8. The van der Waals surface area contributed by atoms with Crippen LogP contribution in [0, 0.1) is 0 Å². The Kier molecular flexibility index (Phi) is 9.30. The number of nitrogens with zero attached hydrogens (tertiary/aromatic N) is 4. The number of hydrogen-bond donors (Lipinski definition) is 1. The Labute approximate surface area is 227 Å². The third-order valence-corrected chi connectivity index (χ3v) is 11.9. The van der Waals surface area contributed by atoms with E-state index < -0.39 is 8.32 Å². The molecule has 0 radical (unpaired) electrons. The molecule has 4 rings (SSSR count). The number of rotatable bonds is 12. The summed E-state index contributed by atoms with van der Waals surface area (Å²) >= 11 is 0. The van der Waals surface area contributed by atoms with Crippen LogP contribution in [-0.2, 0) is 20.8 Å². The van der Waals surface area contributed by atoms with Crippen molar-refractivity contribution in [2.75, 3.05) is 33.0 Å². The van der Waals surface area contributed by atoms with Crippen molar-refractivity contribution in [2.45, 2.75) is 84.0 Å². The lowest BCUT2D eigenvalue weighted by Gasteiger charge is -2.36. The van der Waals surface area contributed by atoms with Crippen molar-refractivity contribution in [1.29, 1.82) is 0 Å². The van der Waals surface area contributed by atoms with Gasteiger partial charge in [-0.25, -0.2) is 4.68 Å². The molecule has 9 nitrogen and oxygen atoms in total. The fourth-order valence-electron chi connectivity index (χ4n) is 4.30. The van der Waals surface area contributed by atoms with Gasteiger partial charge in [-0.2, -0.15) is 10.2 Å². The molecule has 1 saturated heterocycles. The van der Waals surface area contributed by atoms with Gasteiger partial charge < -0.3 is 23.7 Å². The van der Waals surface area contributed by atoms with Gasteiger partial charge in [-0.05, 0) is 62.5 Å². The van der Waals surface area contributed by atoms with E-state index in [1.165, 1.54) is 0 Å². The van der Waals surface area contributed by atoms with Gasteiger partial charge in [0.25, 0.3) is 0 Å². The number of ether oxygens (including phenoxy) is 3. The quantitative estimate of drug-likeness (QED) is 0.241. The highest BCUT2D eigenvalue weighted by atomic mass is 28.4. The maximum Gasteiger partial charge on any atom is 0.250 e. The summed E-state index contributed by atoms with van der Waals surface area (Å²) in [6, 6.07) is 6.32. The zero-order chi connectivity index (χ0) is 27.3. The van der Waals surface area contributed by atoms with Gasteiger partial charge in [0.1, 0.15) is 11.4 Å². The van der Waals surface area contributed by atoms with E-state index in [9.17, 15) is 0 Å². The highest BCUT2D eigenvalue weighted by Gasteiger charge is 2.39. The molecule has 1 fully saturated rings. The number of aliphatic hydroxyl groups is 1. The first-order chi connectivity index (χ1) is 18.1. The summed E-state index contributed by atoms with van der Waals surface area (Å²) in [4.78, 5) is 0. The second-order valence-electron chi connectivity index (χ2n) is 11.6. The molecule has 1 N–H and O–H groups in total. The average Bonchev–Trinajstić information content (AvgIpc) is 3.49. The van der Waals surface area contributed by atoms with Crippen molar-refractivity contribution in [2.24, 2.45) is 0 Å². The molecule has 2 unspecified atom stereocenters. The van der Waals surface area contributed by atoms with Crippen LogP contribution in [0.1, 0.15) is 53.2 Å². The third kappa shape index (κ3) is 6.84. The standard InChI is InChI=1S/C28H44N4O5Si/c1-21(35-16-13-33)20-34-15-12-31-19-22(18-29-31)27-24-17-23(37-38(5,6)28(2,3)4)10-11-25(24)32(30-27)26-9-7-8-14-36-26/h10-11,17-19,21,26,33H,7-9,12-16,20H2,1-6H3. The number of aliphatic hydroxyl groups excluding tert-OH is 1. The Morgan fingerprint density at radius 2 is 2.03 bits per heavy atom. The van der Waals surface area contributed by atoms with Crippen LogP contribution >= 0.6 is 0 Å². The Morgan fingerprint density at radius 1 is 1.21 bits per heavy atom. The van der Waals surface area contributed by atoms with Gasteiger partial charge in [-0.15, -0.1) is 0 Å². The highest BCUT2D eigenvalue weighted by molar-refractivity contribution is 6.74. The molecule has 0 bridgehead atoms. The van der Waals surface area contributed by atoms with E-state index in [4.69, 9.17) is 28.8 Å². The van der Waals surface area contributed by atoms with E-state index in [2.05, 4.69) is 57.2 Å². The molecule has 210 valence electrons. The number of aromatic nitrogens is 4. The maximum absolute atomic E-state index is 8.87. The molecular formula is C28H44N4O5Si. The van der Waals surface area contributed by atoms with Crippen LogP contribution in [0.4, 0.5) is 0 Å². The predicted octanol–water partition coefficient (Wildman–Crippen LogP) is 5.40. The van der Waals surface area contributed by atoms with Crippen molar-refractivity contribution >= 4 is 19.2 Å². The number of benzene rings is 1. The van der Waals surface area contributed by atoms with Crippen molar-refractivity contribution < 1.29 is 23.7 Å². The van der Waals surface area contributed by atoms with Gasteiger partial charge in [-0.1, -0.05) is 20.8 Å². The topological polar surface area (TPSA) is 92.8 Å². The predicted molar refractivity (Wildman–Crippen MR) is 151 cm³/mol. The lowest BCUT2D eigenvalue weighted by Crippen LogP contribution is -2.43. The fraction of sp³-hybridized carbons (Fsp3) is 0.643. The van der Waals surface area contributed by atoms with Gasteiger partial charge in [-0.3, -0.25) is 4.68 Å². The molecule has 10 heteroatoms. The van der Waals surface area contributed by atoms with Gasteiger partial charge in [0, 0.05) is 23.8 Å². The molecule has 0 saturated carbocycles. The molecule has 0 spiro atoms. The molecule has 0 amide bonds. The first kappa shape index (κ1) is 28.8. The SMILES string of the molecule is CC(COCCn1cc(-c2nn(C3CCCCO3)c3ccc(O[Si](C)(C)C(C)(C)C)cc23)cn1)OCCO. The molecule has 2 aromatic heterocycles. The molecule has 0 aliphatic carbocycles. The van der Waals surface area contributed by atoms with Crippen molar-refractivity contribution in [3.8, 4) is 17.0 Å². The summed E-state index contributed by atoms with van der Waals surface area (Å²) < 4.78 is 27.8. The minimum atomic E-state index is -1.99. The second kappa shape index (κ2) is 12.3. The molecule has 1 aromatic carbocycles. The first-order valence-electron chi connectivity index (χ1n) is 13.7. The molecule has 2 atom stereocenters. The molecule has 3 aromatic rings. The van der Waals surface area contributed by atoms with Gasteiger partial charge in [0.15, 0.2) is 6.23 Å². The summed E-state index contributed by atoms with van der Waals surface area (Å²) in [6.07, 6.45) is 6.94. The minimum absolute atomic E-state index is 0.0155. The number of hydrogen-bond acceptors (Lipinski definition) is 7. The van der Waals surface area contributed by atoms with Gasteiger partial charge in [0.2, 0.25) is 8.32 Å². The summed E-state index contributed by atoms with van der Waals surface area (Å²) in [6.45, 7) is 15.9. The van der Waals surface area contributed by atoms with E-state index in [0.717, 1.165) is 53.8 Å². The zero-order valence-electron chi connectivity index (χ0n) is 23.8. The van der Waals surface area contributed by atoms with Crippen LogP contribution in [0.3, 0.4) is 0 Å². The smallest absolute Gasteiger partial charge is 0.250 e. The van der Waals surface area contributed by atoms with E-state index in [1.54, 1.807) is 0 Å². The van der Waals surface area contributed by atoms with Crippen LogP contribution in [0.15, 0.2) is 30.6 Å². The normalized spacial score (nSPS) is 17.7. The van der Waals surface area contributed by atoms with Gasteiger partial charge in [0.05, 0.1) is 50.8 Å². The van der Waals surface area contributed by atoms with E-state index >= 15 is 0 Å². The van der Waals surface area contributed by atoms with E-state index in [0.29, 0.717) is 26.4 Å². The highest BCUT2D eigenvalue weighted by Crippen LogP contribution is 2.39. The Hall–Kier alpha value is -2.24. The van der Waals surface area contributed by atoms with Crippen molar-refractivity contribution in [3.05, 3.63) is 30.6 Å². The summed E-state index contributed by atoms with van der Waals surface area (Å²) in [5.74, 6) is 0.882. The maximum atomic E-state index is 8.87. The first-order valence-corrected chi connectivity index (χ1v) is 16.7. The van der Waals surface area contributed by atoms with Crippen molar-refractivity contribution in [3.63, 3.8) is 0 Å². The Bertz CT molecular complexity index is 1180. The third-order valence-electron chi connectivity index (χ3n) is 7.50. The van der Waals surface area contributed by atoms with Crippen molar-refractivity contribution in [1.82, 2.24) is 19.6 Å². The van der Waals surface area contributed by atoms with Crippen LogP contribution in [-0.4, -0.2) is 72.1 Å². The molecule has 3 heterocycles. The minimum Gasteiger partial charge on any atom is -0.543 e. The molecule has 1 aliphatic heterocycles. The van der Waals surface area contributed by atoms with E-state index in [1.807, 2.05) is 28.7 Å². The van der Waals surface area contributed by atoms with E-state index in [-0.39, 0.29) is 24.0 Å². The fourth-order valence-corrected chi connectivity index (χ4v) is 5.32. The summed E-state index contributed by atoms with van der Waals surface area (Å²) in [5, 5.41) is 19.7. The van der Waals surface area contributed by atoms with Crippen LogP contribution in [0.2, 0.25) is 18.1 Å². The Balaban J connectivity index is 1.57. The summed E-state index contributed by atoms with van der Waals surface area (Å²) in [5.41, 5.74) is 2.88. The lowest BCUT2D eigenvalue weighted by atomic mass is 10.1. The largest absolute Gasteiger partial charge is 0.543 e. The monoisotopic (exact) mass is 544 g/mol. The van der Waals surface area contributed by atoms with Crippen LogP contribution < -0.4 is 4.43 Å². The Morgan fingerprint density at radius 3 is 2.74 bits per heavy atom. The van der Waals surface area contributed by atoms with Crippen LogP contribution in [0.25, 0.3) is 22.2 Å². The molecule has 1 aliphatic rings. The van der Waals surface area contributed by atoms with Crippen LogP contribution in [0.5, 0.6) is 5.75 Å². The second-order valence-corrected chi connectivity index (χ2v) is 16.4.